The van der Waals surface area contributed by atoms with Crippen LogP contribution < -0.4 is 5.32 Å². The van der Waals surface area contributed by atoms with Gasteiger partial charge in [-0.15, -0.1) is 0 Å². The minimum atomic E-state index is -0.352. The Morgan fingerprint density at radius 2 is 2.05 bits per heavy atom. The third kappa shape index (κ3) is 3.98. The highest BCUT2D eigenvalue weighted by molar-refractivity contribution is 14.1. The minimum absolute atomic E-state index is 0.154. The molecule has 0 saturated heterocycles. The van der Waals surface area contributed by atoms with Crippen LogP contribution >= 0.6 is 34.4 Å². The molecule has 0 aliphatic heterocycles. The van der Waals surface area contributed by atoms with Crippen LogP contribution in [0.2, 0.25) is 0 Å². The van der Waals surface area contributed by atoms with Crippen molar-refractivity contribution in [3.63, 3.8) is 0 Å². The van der Waals surface area contributed by atoms with Crippen LogP contribution in [0.3, 0.4) is 0 Å². The molecule has 1 aromatic carbocycles. The van der Waals surface area contributed by atoms with Crippen LogP contribution in [0.25, 0.3) is 0 Å². The van der Waals surface area contributed by atoms with Crippen molar-refractivity contribution in [3.8, 4) is 0 Å². The number of nitrogens with one attached hydrogen (secondary N) is 1. The number of benzene rings is 1. The van der Waals surface area contributed by atoms with Gasteiger partial charge in [0.1, 0.15) is 0 Å². The van der Waals surface area contributed by atoms with Gasteiger partial charge >= 0.3 is 0 Å². The van der Waals surface area contributed by atoms with Crippen LogP contribution in [0, 0.1) is 13.7 Å². The van der Waals surface area contributed by atoms with Crippen LogP contribution in [-0.2, 0) is 0 Å². The molecule has 0 radical (unpaired) electrons. The number of halogens is 1. The van der Waals surface area contributed by atoms with Crippen LogP contribution in [0.4, 0.5) is 11.4 Å². The fourth-order valence-electron chi connectivity index (χ4n) is 2.40. The summed E-state index contributed by atoms with van der Waals surface area (Å²) in [5, 5.41) is 15.0. The highest BCUT2D eigenvalue weighted by Crippen LogP contribution is 2.30. The van der Waals surface area contributed by atoms with Crippen LogP contribution in [0.1, 0.15) is 25.7 Å². The van der Waals surface area contributed by atoms with Gasteiger partial charge in [-0.25, -0.2) is 0 Å². The summed E-state index contributed by atoms with van der Waals surface area (Å²) in [7, 11) is 0. The maximum absolute atomic E-state index is 10.7. The number of hydrogen-bond donors (Lipinski definition) is 1. The summed E-state index contributed by atoms with van der Waals surface area (Å²) in [6.45, 7) is 0. The Hall–Kier alpha value is -0.500. The zero-order chi connectivity index (χ0) is 13.8. The molecule has 0 unspecified atom stereocenters. The number of nitro benzene ring substituents is 1. The smallest absolute Gasteiger partial charge is 0.270 e. The fraction of sp³-hybridized carbons (Fsp3) is 0.538. The molecular weight excluding hydrogens is 375 g/mol. The van der Waals surface area contributed by atoms with Crippen molar-refractivity contribution >= 4 is 45.7 Å². The zero-order valence-electron chi connectivity index (χ0n) is 10.8. The van der Waals surface area contributed by atoms with E-state index in [-0.39, 0.29) is 10.6 Å². The average molecular weight is 392 g/mol. The van der Waals surface area contributed by atoms with E-state index in [0.717, 1.165) is 14.5 Å². The van der Waals surface area contributed by atoms with Gasteiger partial charge in [0.25, 0.3) is 5.69 Å². The van der Waals surface area contributed by atoms with Gasteiger partial charge in [-0.3, -0.25) is 10.1 Å². The Bertz CT molecular complexity index is 462. The van der Waals surface area contributed by atoms with Crippen molar-refractivity contribution in [2.24, 2.45) is 0 Å². The van der Waals surface area contributed by atoms with E-state index < -0.39 is 0 Å². The molecule has 1 aliphatic rings. The van der Waals surface area contributed by atoms with Crippen LogP contribution in [0.15, 0.2) is 18.2 Å². The van der Waals surface area contributed by atoms with E-state index in [2.05, 4.69) is 34.2 Å². The first kappa shape index (κ1) is 14.9. The first-order valence-electron chi connectivity index (χ1n) is 6.33. The summed E-state index contributed by atoms with van der Waals surface area (Å²) in [4.78, 5) is 10.4. The monoisotopic (exact) mass is 392 g/mol. The average Bonchev–Trinajstić information content (AvgIpc) is 2.41. The molecule has 1 aromatic rings. The van der Waals surface area contributed by atoms with E-state index in [4.69, 9.17) is 0 Å². The van der Waals surface area contributed by atoms with Crippen molar-refractivity contribution < 1.29 is 4.92 Å². The summed E-state index contributed by atoms with van der Waals surface area (Å²) in [6, 6.07) is 5.51. The molecule has 1 aliphatic carbocycles. The Morgan fingerprint density at radius 1 is 1.37 bits per heavy atom. The van der Waals surface area contributed by atoms with Crippen molar-refractivity contribution in [2.75, 3.05) is 11.6 Å². The first-order valence-corrected chi connectivity index (χ1v) is 8.70. The molecule has 6 heteroatoms. The van der Waals surface area contributed by atoms with Gasteiger partial charge < -0.3 is 5.32 Å². The highest BCUT2D eigenvalue weighted by atomic mass is 127. The number of anilines is 1. The lowest BCUT2D eigenvalue weighted by Crippen LogP contribution is -2.27. The summed E-state index contributed by atoms with van der Waals surface area (Å²) in [6.07, 6.45) is 7.04. The van der Waals surface area contributed by atoms with E-state index >= 15 is 0 Å². The predicted molar refractivity (Wildman–Crippen MR) is 89.0 cm³/mol. The lowest BCUT2D eigenvalue weighted by molar-refractivity contribution is -0.384. The maximum Gasteiger partial charge on any atom is 0.270 e. The molecule has 104 valence electrons. The largest absolute Gasteiger partial charge is 0.381 e. The Balaban J connectivity index is 1.98. The van der Waals surface area contributed by atoms with Gasteiger partial charge in [0, 0.05) is 32.7 Å². The molecule has 0 spiro atoms. The van der Waals surface area contributed by atoms with Gasteiger partial charge in [0.2, 0.25) is 0 Å². The van der Waals surface area contributed by atoms with Gasteiger partial charge in [-0.1, -0.05) is 0 Å². The highest BCUT2D eigenvalue weighted by Gasteiger charge is 2.21. The second-order valence-corrected chi connectivity index (χ2v) is 7.08. The topological polar surface area (TPSA) is 55.2 Å². The van der Waals surface area contributed by atoms with Crippen LogP contribution in [-0.4, -0.2) is 22.5 Å². The van der Waals surface area contributed by atoms with E-state index in [9.17, 15) is 10.1 Å². The van der Waals surface area contributed by atoms with Gasteiger partial charge in [-0.2, -0.15) is 11.8 Å². The quantitative estimate of drug-likeness (QED) is 0.472. The molecule has 4 nitrogen and oxygen atoms in total. The van der Waals surface area contributed by atoms with Gasteiger partial charge in [0.15, 0.2) is 0 Å². The minimum Gasteiger partial charge on any atom is -0.381 e. The number of nitrogens with zero attached hydrogens (tertiary/aromatic N) is 1. The Kier molecular flexibility index (Phi) is 5.32. The number of hydrogen-bond acceptors (Lipinski definition) is 4. The van der Waals surface area contributed by atoms with Crippen molar-refractivity contribution in [3.05, 3.63) is 31.9 Å². The molecule has 2 rings (SSSR count). The Morgan fingerprint density at radius 3 is 2.58 bits per heavy atom. The molecule has 1 fully saturated rings. The second-order valence-electron chi connectivity index (χ2n) is 4.77. The third-order valence-corrected chi connectivity index (χ3v) is 5.56. The lowest BCUT2D eigenvalue weighted by Gasteiger charge is -2.29. The molecule has 0 atom stereocenters. The van der Waals surface area contributed by atoms with Crippen molar-refractivity contribution in [1.82, 2.24) is 0 Å². The molecule has 0 amide bonds. The summed E-state index contributed by atoms with van der Waals surface area (Å²) < 4.78 is 0.916. The molecule has 19 heavy (non-hydrogen) atoms. The van der Waals surface area contributed by atoms with Crippen molar-refractivity contribution in [1.29, 1.82) is 0 Å². The van der Waals surface area contributed by atoms with Crippen LogP contribution in [0.5, 0.6) is 0 Å². The van der Waals surface area contributed by atoms with Crippen molar-refractivity contribution in [2.45, 2.75) is 37.0 Å². The molecule has 1 N–H and O–H groups in total. The summed E-state index contributed by atoms with van der Waals surface area (Å²) in [5.74, 6) is 0. The lowest BCUT2D eigenvalue weighted by atomic mass is 9.95. The standard InChI is InChI=1S/C13H17IN2O2S/c1-19-11-5-2-9(3-6-11)15-13-7-4-10(16(17)18)8-12(13)14/h4,7-9,11,15H,2-3,5-6H2,1H3. The zero-order valence-corrected chi connectivity index (χ0v) is 13.7. The third-order valence-electron chi connectivity index (χ3n) is 3.53. The normalized spacial score (nSPS) is 23.1. The number of nitro groups is 1. The number of non-ortho nitro benzene ring substituents is 1. The predicted octanol–water partition coefficient (Wildman–Crippen LogP) is 4.29. The molecule has 0 heterocycles. The van der Waals surface area contributed by atoms with Gasteiger partial charge in [0.05, 0.1) is 4.92 Å². The first-order chi connectivity index (χ1) is 9.10. The molecule has 0 bridgehead atoms. The fourth-order valence-corrected chi connectivity index (χ4v) is 3.80. The van der Waals surface area contributed by atoms with E-state index in [1.54, 1.807) is 12.1 Å². The number of thioether (sulfide) groups is 1. The SMILES string of the molecule is CSC1CCC(Nc2ccc([N+](=O)[O-])cc2I)CC1. The summed E-state index contributed by atoms with van der Waals surface area (Å²) in [5.41, 5.74) is 1.17. The molecule has 1 saturated carbocycles. The second kappa shape index (κ2) is 6.78. The van der Waals surface area contributed by atoms with E-state index in [0.29, 0.717) is 6.04 Å². The number of rotatable bonds is 4. The van der Waals surface area contributed by atoms with E-state index in [1.807, 2.05) is 17.8 Å². The van der Waals surface area contributed by atoms with Gasteiger partial charge in [-0.05, 0) is 60.6 Å². The molecule has 0 aromatic heterocycles. The Labute approximate surface area is 131 Å². The maximum atomic E-state index is 10.7. The summed E-state index contributed by atoms with van der Waals surface area (Å²) >= 11 is 4.11. The molecular formula is C13H17IN2O2S. The van der Waals surface area contributed by atoms with E-state index in [1.165, 1.54) is 25.7 Å².